The highest BCUT2D eigenvalue weighted by atomic mass is 32.2. The maximum absolute atomic E-state index is 11.1. The van der Waals surface area contributed by atoms with E-state index in [9.17, 15) is 19.2 Å². The molecule has 2 amide bonds. The number of carboxylic acids is 2. The number of hydrogen-bond acceptors (Lipinski definition) is 6. The molecule has 9 nitrogen and oxygen atoms in total. The van der Waals surface area contributed by atoms with E-state index in [4.69, 9.17) is 15.9 Å². The third-order valence-electron chi connectivity index (χ3n) is 1.64. The van der Waals surface area contributed by atoms with Gasteiger partial charge in [0.05, 0.1) is 11.9 Å². The smallest absolute Gasteiger partial charge is 0.323 e. The van der Waals surface area contributed by atoms with Gasteiger partial charge in [-0.15, -0.1) is 0 Å². The Kier molecular flexibility index (Phi) is 7.47. The van der Waals surface area contributed by atoms with Crippen LogP contribution in [-0.2, 0) is 14.4 Å². The summed E-state index contributed by atoms with van der Waals surface area (Å²) in [6.45, 7) is -0.550. The zero-order valence-electron chi connectivity index (χ0n) is 9.21. The summed E-state index contributed by atoms with van der Waals surface area (Å²) in [6.07, 6.45) is -0.203. The van der Waals surface area contributed by atoms with Crippen molar-refractivity contribution >= 4 is 35.0 Å². The fourth-order valence-electron chi connectivity index (χ4n) is 0.748. The molecule has 0 aromatic carbocycles. The van der Waals surface area contributed by atoms with Gasteiger partial charge in [-0.2, -0.15) is 0 Å². The standard InChI is InChI=1S/C8H13N3O6S/c9-4(7(15)16)1-2-5(12)11-18-8(17)10-3-6(13)14/h4H,1-3,9H2,(H,10,17)(H,11,12)(H,13,14)(H,15,16)/t4-/m0/s1. The number of nitrogens with one attached hydrogen (secondary N) is 2. The number of carboxylic acid groups (broad SMARTS) is 2. The summed E-state index contributed by atoms with van der Waals surface area (Å²) in [5.74, 6) is -2.99. The monoisotopic (exact) mass is 279 g/mol. The molecular weight excluding hydrogens is 266 g/mol. The summed E-state index contributed by atoms with van der Waals surface area (Å²) in [7, 11) is 0. The first-order valence-corrected chi connectivity index (χ1v) is 5.58. The second kappa shape index (κ2) is 8.31. The molecule has 0 spiro atoms. The van der Waals surface area contributed by atoms with Gasteiger partial charge in [-0.25, -0.2) is 0 Å². The third-order valence-corrected chi connectivity index (χ3v) is 2.30. The lowest BCUT2D eigenvalue weighted by molar-refractivity contribution is -0.139. The van der Waals surface area contributed by atoms with Crippen LogP contribution in [0.15, 0.2) is 0 Å². The van der Waals surface area contributed by atoms with Gasteiger partial charge in [-0.05, 0) is 6.42 Å². The predicted molar refractivity (Wildman–Crippen MR) is 61.6 cm³/mol. The highest BCUT2D eigenvalue weighted by Gasteiger charge is 2.14. The third kappa shape index (κ3) is 8.35. The van der Waals surface area contributed by atoms with Crippen LogP contribution < -0.4 is 15.8 Å². The van der Waals surface area contributed by atoms with Crippen molar-refractivity contribution in [1.29, 1.82) is 0 Å². The Hall–Kier alpha value is -1.81. The lowest BCUT2D eigenvalue weighted by Crippen LogP contribution is -2.32. The van der Waals surface area contributed by atoms with E-state index in [0.29, 0.717) is 11.9 Å². The van der Waals surface area contributed by atoms with Crippen molar-refractivity contribution in [3.63, 3.8) is 0 Å². The molecule has 0 aliphatic carbocycles. The van der Waals surface area contributed by atoms with E-state index >= 15 is 0 Å². The van der Waals surface area contributed by atoms with Gasteiger partial charge in [-0.3, -0.25) is 23.9 Å². The summed E-state index contributed by atoms with van der Waals surface area (Å²) in [4.78, 5) is 42.5. The summed E-state index contributed by atoms with van der Waals surface area (Å²) >= 11 is 0.385. The predicted octanol–water partition coefficient (Wildman–Crippen LogP) is -1.26. The molecule has 0 fully saturated rings. The van der Waals surface area contributed by atoms with E-state index in [1.54, 1.807) is 0 Å². The summed E-state index contributed by atoms with van der Waals surface area (Å²) in [5, 5.41) is 18.0. The second-order valence-corrected chi connectivity index (χ2v) is 3.92. The number of carbonyl (C=O) groups excluding carboxylic acids is 2. The van der Waals surface area contributed by atoms with Crippen molar-refractivity contribution in [3.8, 4) is 0 Å². The van der Waals surface area contributed by atoms with E-state index in [1.807, 2.05) is 5.32 Å². The number of rotatable bonds is 6. The van der Waals surface area contributed by atoms with Gasteiger partial charge in [0.2, 0.25) is 5.91 Å². The van der Waals surface area contributed by atoms with Gasteiger partial charge in [0.15, 0.2) is 0 Å². The van der Waals surface area contributed by atoms with Crippen LogP contribution >= 0.6 is 11.9 Å². The van der Waals surface area contributed by atoms with Crippen LogP contribution in [0.1, 0.15) is 12.8 Å². The van der Waals surface area contributed by atoms with Crippen LogP contribution in [0.5, 0.6) is 0 Å². The average Bonchev–Trinajstić information content (AvgIpc) is 2.30. The Labute approximate surface area is 106 Å². The zero-order chi connectivity index (χ0) is 14.1. The van der Waals surface area contributed by atoms with Crippen LogP contribution in [0, 0.1) is 0 Å². The molecule has 0 saturated carbocycles. The lowest BCUT2D eigenvalue weighted by atomic mass is 10.2. The van der Waals surface area contributed by atoms with Crippen molar-refractivity contribution in [2.75, 3.05) is 6.54 Å². The Bertz CT molecular complexity index is 348. The van der Waals surface area contributed by atoms with E-state index in [2.05, 4.69) is 4.72 Å². The molecule has 0 radical (unpaired) electrons. The minimum absolute atomic E-state index is 0.0571. The Morgan fingerprint density at radius 1 is 1.22 bits per heavy atom. The minimum Gasteiger partial charge on any atom is -0.480 e. The van der Waals surface area contributed by atoms with Gasteiger partial charge < -0.3 is 21.3 Å². The number of nitrogens with two attached hydrogens (primary N) is 1. The van der Waals surface area contributed by atoms with Crippen LogP contribution in [0.4, 0.5) is 4.79 Å². The van der Waals surface area contributed by atoms with Crippen molar-refractivity contribution in [1.82, 2.24) is 10.0 Å². The summed E-state index contributed by atoms with van der Waals surface area (Å²) < 4.78 is 2.12. The molecule has 0 aliphatic rings. The zero-order valence-corrected chi connectivity index (χ0v) is 10.0. The fraction of sp³-hybridized carbons (Fsp3) is 0.500. The summed E-state index contributed by atoms with van der Waals surface area (Å²) in [6, 6.07) is -1.14. The lowest BCUT2D eigenvalue weighted by Gasteiger charge is -2.06. The van der Waals surface area contributed by atoms with Crippen LogP contribution in [-0.4, -0.2) is 45.9 Å². The van der Waals surface area contributed by atoms with Gasteiger partial charge in [-0.1, -0.05) is 0 Å². The van der Waals surface area contributed by atoms with Crippen molar-refractivity contribution in [3.05, 3.63) is 0 Å². The van der Waals surface area contributed by atoms with Crippen molar-refractivity contribution in [2.45, 2.75) is 18.9 Å². The molecular formula is C8H13N3O6S. The number of hydrogen-bond donors (Lipinski definition) is 5. The molecule has 0 heterocycles. The van der Waals surface area contributed by atoms with Gasteiger partial charge in [0, 0.05) is 6.42 Å². The average molecular weight is 279 g/mol. The van der Waals surface area contributed by atoms with Gasteiger partial charge >= 0.3 is 11.9 Å². The van der Waals surface area contributed by atoms with Crippen molar-refractivity contribution < 1.29 is 29.4 Å². The molecule has 18 heavy (non-hydrogen) atoms. The normalized spacial score (nSPS) is 11.4. The molecule has 0 aromatic heterocycles. The first-order valence-electron chi connectivity index (χ1n) is 4.76. The van der Waals surface area contributed by atoms with Crippen LogP contribution in [0.25, 0.3) is 0 Å². The molecule has 0 bridgehead atoms. The number of amides is 2. The Morgan fingerprint density at radius 3 is 2.33 bits per heavy atom. The Balaban J connectivity index is 3.73. The molecule has 0 saturated heterocycles. The molecule has 0 aliphatic heterocycles. The molecule has 0 unspecified atom stereocenters. The summed E-state index contributed by atoms with van der Waals surface area (Å²) in [5.41, 5.74) is 5.17. The molecule has 1 atom stereocenters. The highest BCUT2D eigenvalue weighted by molar-refractivity contribution is 8.12. The first kappa shape index (κ1) is 16.2. The quantitative estimate of drug-likeness (QED) is 0.376. The largest absolute Gasteiger partial charge is 0.480 e. The maximum Gasteiger partial charge on any atom is 0.323 e. The molecule has 10 heteroatoms. The highest BCUT2D eigenvalue weighted by Crippen LogP contribution is 1.99. The SMILES string of the molecule is N[C@@H](CCC(=O)NSC(=O)NCC(=O)O)C(=O)O. The van der Waals surface area contributed by atoms with E-state index in [-0.39, 0.29) is 12.8 Å². The molecule has 0 rings (SSSR count). The van der Waals surface area contributed by atoms with Gasteiger partial charge in [0.25, 0.3) is 5.24 Å². The van der Waals surface area contributed by atoms with Crippen LogP contribution in [0.3, 0.4) is 0 Å². The second-order valence-electron chi connectivity index (χ2n) is 3.15. The molecule has 0 aromatic rings. The number of carbonyl (C=O) groups is 4. The van der Waals surface area contributed by atoms with E-state index < -0.39 is 35.7 Å². The first-order chi connectivity index (χ1) is 8.32. The topological polar surface area (TPSA) is 159 Å². The van der Waals surface area contributed by atoms with Gasteiger partial charge in [0.1, 0.15) is 12.6 Å². The van der Waals surface area contributed by atoms with E-state index in [1.165, 1.54) is 0 Å². The van der Waals surface area contributed by atoms with E-state index in [0.717, 1.165) is 0 Å². The van der Waals surface area contributed by atoms with Crippen LogP contribution in [0.2, 0.25) is 0 Å². The maximum atomic E-state index is 11.1. The Morgan fingerprint density at radius 2 is 1.83 bits per heavy atom. The molecule has 102 valence electrons. The van der Waals surface area contributed by atoms with Crippen molar-refractivity contribution in [2.24, 2.45) is 5.73 Å². The number of aliphatic carboxylic acids is 2. The minimum atomic E-state index is -1.21. The fourth-order valence-corrected chi connectivity index (χ4v) is 1.20. The molecule has 6 N–H and O–H groups in total.